The van der Waals surface area contributed by atoms with Crippen LogP contribution in [0.25, 0.3) is 0 Å². The van der Waals surface area contributed by atoms with Crippen molar-refractivity contribution in [3.05, 3.63) is 0 Å². The highest BCUT2D eigenvalue weighted by molar-refractivity contribution is 4.93. The number of alkyl halides is 2. The number of hydrogen-bond donors (Lipinski definition) is 0. The molecule has 0 aromatic rings. The number of hydrogen-bond acceptors (Lipinski definition) is 2. The first-order chi connectivity index (χ1) is 5.05. The van der Waals surface area contributed by atoms with Crippen LogP contribution in [0.5, 0.6) is 0 Å². The van der Waals surface area contributed by atoms with E-state index >= 15 is 0 Å². The average Bonchev–Trinajstić information content (AvgIpc) is 2.07. The Hall–Kier alpha value is -0.690. The summed E-state index contributed by atoms with van der Waals surface area (Å²) in [5, 5.41) is 8.29. The van der Waals surface area contributed by atoms with Crippen LogP contribution in [0.15, 0.2) is 0 Å². The van der Waals surface area contributed by atoms with E-state index in [1.807, 2.05) is 6.07 Å². The zero-order chi connectivity index (χ0) is 8.48. The lowest BCUT2D eigenvalue weighted by Gasteiger charge is -2.13. The Bertz CT molecular complexity index is 185. The summed E-state index contributed by atoms with van der Waals surface area (Å²) in [4.78, 5) is 1.54. The normalized spacial score (nSPS) is 30.2. The fourth-order valence-electron chi connectivity index (χ4n) is 1.39. The lowest BCUT2D eigenvalue weighted by atomic mass is 10.1. The van der Waals surface area contributed by atoms with Crippen LogP contribution in [-0.4, -0.2) is 30.5 Å². The molecule has 2 nitrogen and oxygen atoms in total. The summed E-state index contributed by atoms with van der Waals surface area (Å²) in [6.45, 7) is -0.209. The molecule has 1 saturated heterocycles. The van der Waals surface area contributed by atoms with E-state index in [2.05, 4.69) is 0 Å². The van der Waals surface area contributed by atoms with Crippen molar-refractivity contribution in [1.82, 2.24) is 4.90 Å². The number of rotatable bonds is 1. The van der Waals surface area contributed by atoms with Gasteiger partial charge in [0.25, 0.3) is 5.92 Å². The monoisotopic (exact) mass is 160 g/mol. The van der Waals surface area contributed by atoms with Crippen LogP contribution >= 0.6 is 0 Å². The lowest BCUT2D eigenvalue weighted by Crippen LogP contribution is -2.25. The molecule has 4 heteroatoms. The van der Waals surface area contributed by atoms with Gasteiger partial charge in [-0.25, -0.2) is 8.78 Å². The number of likely N-dealkylation sites (tertiary alicyclic amines) is 1. The van der Waals surface area contributed by atoms with Gasteiger partial charge in [0.05, 0.1) is 19.0 Å². The Labute approximate surface area is 64.4 Å². The Balaban J connectivity index is 2.53. The van der Waals surface area contributed by atoms with Crippen LogP contribution in [0.3, 0.4) is 0 Å². The van der Waals surface area contributed by atoms with Gasteiger partial charge >= 0.3 is 0 Å². The minimum Gasteiger partial charge on any atom is -0.296 e. The highest BCUT2D eigenvalue weighted by Crippen LogP contribution is 2.31. The Morgan fingerprint density at radius 1 is 1.73 bits per heavy atom. The molecule has 0 aromatic heterocycles. The van der Waals surface area contributed by atoms with Gasteiger partial charge in [-0.05, 0) is 7.05 Å². The molecule has 0 aliphatic carbocycles. The molecule has 1 fully saturated rings. The molecule has 1 aliphatic heterocycles. The van der Waals surface area contributed by atoms with Gasteiger partial charge in [-0.15, -0.1) is 0 Å². The summed E-state index contributed by atoms with van der Waals surface area (Å²) < 4.78 is 25.2. The number of nitrogens with zero attached hydrogens (tertiary/aromatic N) is 2. The zero-order valence-electron chi connectivity index (χ0n) is 6.35. The summed E-state index contributed by atoms with van der Waals surface area (Å²) in [6.07, 6.45) is 0.0309. The largest absolute Gasteiger partial charge is 0.296 e. The van der Waals surface area contributed by atoms with Gasteiger partial charge in [0, 0.05) is 12.5 Å². The van der Waals surface area contributed by atoms with Gasteiger partial charge in [-0.1, -0.05) is 0 Å². The maximum atomic E-state index is 12.6. The standard InChI is InChI=1S/C7H10F2N2/c1-11-5-7(8,9)4-6(11)2-3-10/h6H,2,4-5H2,1H3/t6-/m1/s1. The Kier molecular flexibility index (Phi) is 2.10. The van der Waals surface area contributed by atoms with E-state index in [1.165, 1.54) is 0 Å². The predicted molar refractivity (Wildman–Crippen MR) is 36.2 cm³/mol. The zero-order valence-corrected chi connectivity index (χ0v) is 6.35. The molecule has 1 aliphatic rings. The molecule has 0 spiro atoms. The van der Waals surface area contributed by atoms with Gasteiger partial charge in [-0.2, -0.15) is 5.26 Å². The summed E-state index contributed by atoms with van der Waals surface area (Å²) in [7, 11) is 1.63. The fourth-order valence-corrected chi connectivity index (χ4v) is 1.39. The molecule has 0 N–H and O–H groups in total. The van der Waals surface area contributed by atoms with Crippen LogP contribution in [-0.2, 0) is 0 Å². The molecule has 1 heterocycles. The molecule has 62 valence electrons. The van der Waals surface area contributed by atoms with Crippen molar-refractivity contribution < 1.29 is 8.78 Å². The third-order valence-electron chi connectivity index (χ3n) is 1.97. The topological polar surface area (TPSA) is 27.0 Å². The highest BCUT2D eigenvalue weighted by Gasteiger charge is 2.42. The van der Waals surface area contributed by atoms with E-state index in [0.29, 0.717) is 0 Å². The molecule has 0 saturated carbocycles. The van der Waals surface area contributed by atoms with Crippen molar-refractivity contribution in [2.24, 2.45) is 0 Å². The molecule has 1 atom stereocenters. The van der Waals surface area contributed by atoms with Gasteiger partial charge < -0.3 is 0 Å². The van der Waals surface area contributed by atoms with Crippen molar-refractivity contribution >= 4 is 0 Å². The smallest absolute Gasteiger partial charge is 0.262 e. The van der Waals surface area contributed by atoms with Crippen molar-refractivity contribution in [3.8, 4) is 6.07 Å². The Morgan fingerprint density at radius 2 is 2.36 bits per heavy atom. The third-order valence-corrected chi connectivity index (χ3v) is 1.97. The maximum Gasteiger partial charge on any atom is 0.262 e. The second kappa shape index (κ2) is 2.74. The van der Waals surface area contributed by atoms with Crippen LogP contribution in [0.1, 0.15) is 12.8 Å². The molecule has 11 heavy (non-hydrogen) atoms. The third kappa shape index (κ3) is 1.87. The first-order valence-corrected chi connectivity index (χ1v) is 3.50. The molecular weight excluding hydrogens is 150 g/mol. The van der Waals surface area contributed by atoms with Crippen molar-refractivity contribution in [3.63, 3.8) is 0 Å². The van der Waals surface area contributed by atoms with Crippen LogP contribution < -0.4 is 0 Å². The minimum absolute atomic E-state index is 0.170. The average molecular weight is 160 g/mol. The van der Waals surface area contributed by atoms with Crippen LogP contribution in [0.2, 0.25) is 0 Å². The summed E-state index contributed by atoms with van der Waals surface area (Å²) in [5.74, 6) is -2.59. The minimum atomic E-state index is -2.59. The first kappa shape index (κ1) is 8.41. The van der Waals surface area contributed by atoms with Crippen LogP contribution in [0.4, 0.5) is 8.78 Å². The molecule has 1 rings (SSSR count). The van der Waals surface area contributed by atoms with Gasteiger partial charge in [0.15, 0.2) is 0 Å². The SMILES string of the molecule is CN1CC(F)(F)C[C@H]1CC#N. The first-order valence-electron chi connectivity index (χ1n) is 3.50. The molecular formula is C7H10F2N2. The molecule has 0 bridgehead atoms. The van der Waals surface area contributed by atoms with Crippen LogP contribution in [0, 0.1) is 11.3 Å². The van der Waals surface area contributed by atoms with E-state index in [-0.39, 0.29) is 25.4 Å². The second-order valence-electron chi connectivity index (χ2n) is 2.99. The highest BCUT2D eigenvalue weighted by atomic mass is 19.3. The summed E-state index contributed by atoms with van der Waals surface area (Å²) in [6, 6.07) is 1.65. The molecule has 0 aromatic carbocycles. The number of nitriles is 1. The summed E-state index contributed by atoms with van der Waals surface area (Å²) >= 11 is 0. The van der Waals surface area contributed by atoms with E-state index in [9.17, 15) is 8.78 Å². The van der Waals surface area contributed by atoms with Crippen molar-refractivity contribution in [2.45, 2.75) is 24.8 Å². The van der Waals surface area contributed by atoms with E-state index in [1.54, 1.807) is 11.9 Å². The summed E-state index contributed by atoms with van der Waals surface area (Å²) in [5.41, 5.74) is 0. The lowest BCUT2D eigenvalue weighted by molar-refractivity contribution is 0.0141. The number of halogens is 2. The fraction of sp³-hybridized carbons (Fsp3) is 0.857. The van der Waals surface area contributed by atoms with Crippen molar-refractivity contribution in [1.29, 1.82) is 5.26 Å². The van der Waals surface area contributed by atoms with E-state index in [0.717, 1.165) is 0 Å². The molecule has 0 unspecified atom stereocenters. The van der Waals surface area contributed by atoms with Crippen molar-refractivity contribution in [2.75, 3.05) is 13.6 Å². The molecule has 0 amide bonds. The maximum absolute atomic E-state index is 12.6. The predicted octanol–water partition coefficient (Wildman–Crippen LogP) is 1.24. The van der Waals surface area contributed by atoms with Gasteiger partial charge in [0.1, 0.15) is 0 Å². The van der Waals surface area contributed by atoms with E-state index < -0.39 is 5.92 Å². The van der Waals surface area contributed by atoms with E-state index in [4.69, 9.17) is 5.26 Å². The molecule has 0 radical (unpaired) electrons. The second-order valence-corrected chi connectivity index (χ2v) is 2.99. The Morgan fingerprint density at radius 3 is 2.73 bits per heavy atom. The van der Waals surface area contributed by atoms with Gasteiger partial charge in [-0.3, -0.25) is 4.90 Å². The quantitative estimate of drug-likeness (QED) is 0.577. The van der Waals surface area contributed by atoms with Gasteiger partial charge in [0.2, 0.25) is 0 Å².